The van der Waals surface area contributed by atoms with Crippen LogP contribution in [-0.2, 0) is 4.57 Å². The molecule has 0 aromatic heterocycles. The van der Waals surface area contributed by atoms with Crippen molar-refractivity contribution in [2.45, 2.75) is 0 Å². The Morgan fingerprint density at radius 1 is 1.57 bits per heavy atom. The number of rotatable bonds is 1. The largest absolute Gasteiger partial charge is 0.413 e. The minimum Gasteiger partial charge on any atom is -0.312 e. The number of hydrazine groups is 1. The summed E-state index contributed by atoms with van der Waals surface area (Å²) >= 11 is 0. The van der Waals surface area contributed by atoms with E-state index in [-0.39, 0.29) is 17.4 Å². The third kappa shape index (κ3) is 10.8. The molecule has 0 saturated carbocycles. The molecule has 0 rings (SSSR count). The molecule has 0 bridgehead atoms. The first-order chi connectivity index (χ1) is 2.56. The average molecular weight is 142 g/mol. The Morgan fingerprint density at radius 2 is 1.71 bits per heavy atom. The SMILES string of the molecule is NNP(=O)(O)O.[AlH3]. The van der Waals surface area contributed by atoms with Crippen LogP contribution >= 0.6 is 7.75 Å². The van der Waals surface area contributed by atoms with E-state index in [1.54, 1.807) is 0 Å². The molecule has 0 fully saturated rings. The molecule has 0 radical (unpaired) electrons. The summed E-state index contributed by atoms with van der Waals surface area (Å²) in [6.45, 7) is 0. The molecular formula is H8AlN2O3P. The van der Waals surface area contributed by atoms with Crippen LogP contribution in [0.4, 0.5) is 0 Å². The normalized spacial score (nSPS) is 10.1. The van der Waals surface area contributed by atoms with Gasteiger partial charge in [-0.15, -0.1) is 0 Å². The Hall–Kier alpha value is 0.602. The lowest BCUT2D eigenvalue weighted by Crippen LogP contribution is -2.16. The van der Waals surface area contributed by atoms with E-state index in [0.717, 1.165) is 0 Å². The van der Waals surface area contributed by atoms with Crippen molar-refractivity contribution in [3.63, 3.8) is 0 Å². The van der Waals surface area contributed by atoms with E-state index < -0.39 is 7.75 Å². The van der Waals surface area contributed by atoms with Crippen molar-refractivity contribution in [2.75, 3.05) is 0 Å². The predicted octanol–water partition coefficient (Wildman–Crippen LogP) is -2.64. The van der Waals surface area contributed by atoms with Crippen LogP contribution in [0.25, 0.3) is 0 Å². The van der Waals surface area contributed by atoms with Crippen LogP contribution in [0.15, 0.2) is 0 Å². The minimum atomic E-state index is -4.12. The van der Waals surface area contributed by atoms with Gasteiger partial charge >= 0.3 is 7.75 Å². The molecule has 0 aliphatic carbocycles. The lowest BCUT2D eigenvalue weighted by atomic mass is 13.0. The molecule has 0 atom stereocenters. The standard InChI is InChI=1S/Al.H5N2O3P.3H/c;1-2-6(3,4)5;;;/h;1H2,(H3,2,3,4,5);;;. The first-order valence-corrected chi connectivity index (χ1v) is 2.71. The summed E-state index contributed by atoms with van der Waals surface area (Å²) in [7, 11) is -4.12. The van der Waals surface area contributed by atoms with E-state index in [1.165, 1.54) is 5.20 Å². The van der Waals surface area contributed by atoms with Crippen LogP contribution < -0.4 is 11.0 Å². The maximum absolute atomic E-state index is 9.46. The van der Waals surface area contributed by atoms with E-state index in [0.29, 0.717) is 0 Å². The fraction of sp³-hybridized carbons (Fsp3) is 0. The van der Waals surface area contributed by atoms with Gasteiger partial charge < -0.3 is 9.79 Å². The van der Waals surface area contributed by atoms with Gasteiger partial charge in [0, 0.05) is 0 Å². The van der Waals surface area contributed by atoms with E-state index >= 15 is 0 Å². The molecule has 0 heterocycles. The average Bonchev–Trinajstić information content (AvgIpc) is 1.35. The van der Waals surface area contributed by atoms with Gasteiger partial charge in [0.2, 0.25) is 0 Å². The molecule has 7 heteroatoms. The summed E-state index contributed by atoms with van der Waals surface area (Å²) in [5.41, 5.74) is 0. The van der Waals surface area contributed by atoms with Gasteiger partial charge in [-0.3, -0.25) is 5.84 Å². The first kappa shape index (κ1) is 10.6. The monoisotopic (exact) mass is 142 g/mol. The van der Waals surface area contributed by atoms with Crippen LogP contribution in [-0.4, -0.2) is 27.1 Å². The van der Waals surface area contributed by atoms with E-state index in [9.17, 15) is 4.57 Å². The smallest absolute Gasteiger partial charge is 0.312 e. The van der Waals surface area contributed by atoms with Gasteiger partial charge in [0.25, 0.3) is 0 Å². The predicted molar refractivity (Wildman–Crippen MR) is 29.3 cm³/mol. The van der Waals surface area contributed by atoms with Crippen molar-refractivity contribution >= 4 is 25.1 Å². The molecule has 0 aromatic rings. The molecule has 0 aromatic carbocycles. The zero-order valence-electron chi connectivity index (χ0n) is 2.83. The highest BCUT2D eigenvalue weighted by Crippen LogP contribution is 2.24. The molecule has 0 aliphatic heterocycles. The Kier molecular flexibility index (Phi) is 5.41. The summed E-state index contributed by atoms with van der Waals surface area (Å²) in [4.78, 5) is 15.4. The number of nitrogens with one attached hydrogen (secondary N) is 1. The summed E-state index contributed by atoms with van der Waals surface area (Å²) < 4.78 is 9.46. The number of hydrogen-bond donors (Lipinski definition) is 4. The quantitative estimate of drug-likeness (QED) is 0.139. The molecule has 0 spiro atoms. The van der Waals surface area contributed by atoms with Gasteiger partial charge in [0.1, 0.15) is 0 Å². The molecule has 5 nitrogen and oxygen atoms in total. The zero-order chi connectivity index (χ0) is 5.21. The lowest BCUT2D eigenvalue weighted by Gasteiger charge is -1.94. The van der Waals surface area contributed by atoms with E-state index in [1.807, 2.05) is 0 Å². The third-order valence-corrected chi connectivity index (χ3v) is 0.505. The summed E-state index contributed by atoms with van der Waals surface area (Å²) in [6, 6.07) is 0. The van der Waals surface area contributed by atoms with Gasteiger partial charge in [-0.2, -0.15) is 5.20 Å². The molecule has 44 valence electrons. The summed E-state index contributed by atoms with van der Waals surface area (Å²) in [5.74, 6) is 4.29. The zero-order valence-corrected chi connectivity index (χ0v) is 3.72. The van der Waals surface area contributed by atoms with Gasteiger partial charge in [0.05, 0.1) is 0 Å². The van der Waals surface area contributed by atoms with Crippen LogP contribution in [0.2, 0.25) is 0 Å². The van der Waals surface area contributed by atoms with Gasteiger partial charge in [0.15, 0.2) is 17.4 Å². The third-order valence-electron chi connectivity index (χ3n) is 0.168. The topological polar surface area (TPSA) is 95.6 Å². The van der Waals surface area contributed by atoms with E-state index in [4.69, 9.17) is 9.79 Å². The van der Waals surface area contributed by atoms with Crippen LogP contribution in [0.5, 0.6) is 0 Å². The van der Waals surface area contributed by atoms with Crippen LogP contribution in [0.1, 0.15) is 0 Å². The van der Waals surface area contributed by atoms with Crippen molar-refractivity contribution in [1.82, 2.24) is 5.20 Å². The van der Waals surface area contributed by atoms with Crippen molar-refractivity contribution in [1.29, 1.82) is 0 Å². The van der Waals surface area contributed by atoms with Gasteiger partial charge in [-0.25, -0.2) is 4.57 Å². The fourth-order valence-corrected chi connectivity index (χ4v) is 0. The number of hydrogen-bond acceptors (Lipinski definition) is 2. The van der Waals surface area contributed by atoms with Crippen molar-refractivity contribution in [3.8, 4) is 0 Å². The summed E-state index contributed by atoms with van der Waals surface area (Å²) in [6.07, 6.45) is 0. The van der Waals surface area contributed by atoms with Gasteiger partial charge in [-0.05, 0) is 0 Å². The number of nitrogens with two attached hydrogens (primary N) is 1. The van der Waals surface area contributed by atoms with E-state index in [2.05, 4.69) is 5.84 Å². The highest BCUT2D eigenvalue weighted by molar-refractivity contribution is 7.49. The molecule has 0 aliphatic rings. The van der Waals surface area contributed by atoms with Crippen molar-refractivity contribution in [3.05, 3.63) is 0 Å². The lowest BCUT2D eigenvalue weighted by molar-refractivity contribution is 0.358. The maximum atomic E-state index is 9.46. The molecule has 0 unspecified atom stereocenters. The second kappa shape index (κ2) is 3.59. The second-order valence-corrected chi connectivity index (χ2v) is 2.02. The minimum absolute atomic E-state index is 0. The van der Waals surface area contributed by atoms with Crippen LogP contribution in [0, 0.1) is 0 Å². The molecule has 0 saturated heterocycles. The van der Waals surface area contributed by atoms with Gasteiger partial charge in [-0.1, -0.05) is 0 Å². The second-order valence-electron chi connectivity index (χ2n) is 0.673. The molecule has 5 N–H and O–H groups in total. The fourth-order valence-electron chi connectivity index (χ4n) is 0. The Morgan fingerprint density at radius 3 is 1.71 bits per heavy atom. The Bertz CT molecular complexity index is 77.0. The molecular weight excluding hydrogens is 134 g/mol. The highest BCUT2D eigenvalue weighted by atomic mass is 31.2. The highest BCUT2D eigenvalue weighted by Gasteiger charge is 2.05. The summed E-state index contributed by atoms with van der Waals surface area (Å²) in [5, 5.41) is 1.27. The van der Waals surface area contributed by atoms with Crippen molar-refractivity contribution < 1.29 is 14.4 Å². The Labute approximate surface area is 51.2 Å². The van der Waals surface area contributed by atoms with Crippen molar-refractivity contribution in [2.24, 2.45) is 5.84 Å². The Balaban J connectivity index is 0. The first-order valence-electron chi connectivity index (χ1n) is 1.09. The van der Waals surface area contributed by atoms with Crippen LogP contribution in [0.3, 0.4) is 0 Å². The maximum Gasteiger partial charge on any atom is 0.413 e. The molecule has 7 heavy (non-hydrogen) atoms. The molecule has 0 amide bonds.